The molecule has 0 bridgehead atoms. The molecule has 0 unspecified atom stereocenters. The second-order valence-corrected chi connectivity index (χ2v) is 11.1. The SMILES string of the molecule is CC(C)NC(=O)CN1CCN(C[C@H]2CC[C@@H]3[C@H](O2)c2cc(C(F)(F)F)ccc2N[C@H]3c2ccccc2)CC1. The van der Waals surface area contributed by atoms with Crippen LogP contribution in [-0.4, -0.2) is 67.1 Å². The fourth-order valence-corrected chi connectivity index (χ4v) is 6.05. The third-order valence-corrected chi connectivity index (χ3v) is 7.88. The minimum atomic E-state index is -4.40. The van der Waals surface area contributed by atoms with Gasteiger partial charge in [-0.25, -0.2) is 0 Å². The summed E-state index contributed by atoms with van der Waals surface area (Å²) in [6.07, 6.45) is -3.13. The summed E-state index contributed by atoms with van der Waals surface area (Å²) in [5, 5.41) is 6.46. The van der Waals surface area contributed by atoms with Crippen LogP contribution in [0.15, 0.2) is 48.5 Å². The molecule has 2 fully saturated rings. The van der Waals surface area contributed by atoms with Gasteiger partial charge in [-0.05, 0) is 50.5 Å². The molecular formula is C29H37F3N4O2. The topological polar surface area (TPSA) is 56.8 Å². The van der Waals surface area contributed by atoms with Gasteiger partial charge in [-0.2, -0.15) is 13.2 Å². The Balaban J connectivity index is 1.28. The van der Waals surface area contributed by atoms with Crippen LogP contribution in [0.2, 0.25) is 0 Å². The fraction of sp³-hybridized carbons (Fsp3) is 0.552. The highest BCUT2D eigenvalue weighted by molar-refractivity contribution is 5.78. The Morgan fingerprint density at radius 1 is 1.05 bits per heavy atom. The molecule has 38 heavy (non-hydrogen) atoms. The summed E-state index contributed by atoms with van der Waals surface area (Å²) in [6.45, 7) is 8.35. The number of hydrogen-bond donors (Lipinski definition) is 2. The average molecular weight is 531 g/mol. The molecule has 5 rings (SSSR count). The third kappa shape index (κ3) is 6.16. The maximum absolute atomic E-state index is 13.6. The van der Waals surface area contributed by atoms with Gasteiger partial charge in [0.05, 0.1) is 30.4 Å². The number of alkyl halides is 3. The monoisotopic (exact) mass is 530 g/mol. The fourth-order valence-electron chi connectivity index (χ4n) is 6.05. The predicted octanol–water partition coefficient (Wildman–Crippen LogP) is 4.85. The molecule has 0 saturated carbocycles. The lowest BCUT2D eigenvalue weighted by Crippen LogP contribution is -2.52. The van der Waals surface area contributed by atoms with E-state index in [0.717, 1.165) is 57.2 Å². The largest absolute Gasteiger partial charge is 0.416 e. The van der Waals surface area contributed by atoms with Gasteiger partial charge in [0.25, 0.3) is 0 Å². The number of nitrogens with zero attached hydrogens (tertiary/aromatic N) is 2. The van der Waals surface area contributed by atoms with Crippen molar-refractivity contribution >= 4 is 11.6 Å². The summed E-state index contributed by atoms with van der Waals surface area (Å²) >= 11 is 0. The van der Waals surface area contributed by atoms with Crippen molar-refractivity contribution in [2.75, 3.05) is 44.6 Å². The Hall–Kier alpha value is -2.62. The van der Waals surface area contributed by atoms with Gasteiger partial charge < -0.3 is 15.4 Å². The van der Waals surface area contributed by atoms with Crippen LogP contribution < -0.4 is 10.6 Å². The third-order valence-electron chi connectivity index (χ3n) is 7.88. The summed E-state index contributed by atoms with van der Waals surface area (Å²) in [6, 6.07) is 14.2. The number of fused-ring (bicyclic) bond motifs is 3. The first-order chi connectivity index (χ1) is 18.2. The van der Waals surface area contributed by atoms with Gasteiger partial charge in [-0.15, -0.1) is 0 Å². The van der Waals surface area contributed by atoms with E-state index in [1.54, 1.807) is 6.07 Å². The molecule has 2 saturated heterocycles. The molecule has 6 nitrogen and oxygen atoms in total. The Kier molecular flexibility index (Phi) is 7.98. The van der Waals surface area contributed by atoms with Gasteiger partial charge in [0.15, 0.2) is 0 Å². The lowest BCUT2D eigenvalue weighted by atomic mass is 9.76. The molecule has 9 heteroatoms. The number of halogens is 3. The van der Waals surface area contributed by atoms with Crippen molar-refractivity contribution in [1.82, 2.24) is 15.1 Å². The number of ether oxygens (including phenoxy) is 1. The smallest absolute Gasteiger partial charge is 0.378 e. The van der Waals surface area contributed by atoms with Crippen molar-refractivity contribution in [3.63, 3.8) is 0 Å². The number of amides is 1. The molecule has 0 radical (unpaired) electrons. The molecule has 2 aromatic carbocycles. The first kappa shape index (κ1) is 27.0. The molecule has 4 atom stereocenters. The van der Waals surface area contributed by atoms with Crippen LogP contribution in [0.1, 0.15) is 55.5 Å². The zero-order valence-electron chi connectivity index (χ0n) is 22.0. The Morgan fingerprint density at radius 2 is 1.76 bits per heavy atom. The van der Waals surface area contributed by atoms with E-state index in [-0.39, 0.29) is 30.0 Å². The molecule has 3 heterocycles. The predicted molar refractivity (Wildman–Crippen MR) is 141 cm³/mol. The average Bonchev–Trinajstić information content (AvgIpc) is 2.88. The number of hydrogen-bond acceptors (Lipinski definition) is 5. The normalized spacial score (nSPS) is 26.4. The number of benzene rings is 2. The molecular weight excluding hydrogens is 493 g/mol. The second kappa shape index (κ2) is 11.2. The molecule has 3 aliphatic rings. The van der Waals surface area contributed by atoms with E-state index in [1.165, 1.54) is 6.07 Å². The van der Waals surface area contributed by atoms with Crippen LogP contribution in [0.5, 0.6) is 0 Å². The summed E-state index contributed by atoms with van der Waals surface area (Å²) in [4.78, 5) is 16.6. The Bertz CT molecular complexity index is 1100. The minimum Gasteiger partial charge on any atom is -0.378 e. The molecule has 1 amide bonds. The summed E-state index contributed by atoms with van der Waals surface area (Å²) in [5.41, 5.74) is 1.79. The highest BCUT2D eigenvalue weighted by atomic mass is 19.4. The maximum Gasteiger partial charge on any atom is 0.416 e. The van der Waals surface area contributed by atoms with Gasteiger partial charge in [-0.3, -0.25) is 14.6 Å². The van der Waals surface area contributed by atoms with E-state index in [4.69, 9.17) is 4.74 Å². The van der Waals surface area contributed by atoms with Crippen LogP contribution in [0.3, 0.4) is 0 Å². The Labute approximate surface area is 222 Å². The van der Waals surface area contributed by atoms with Gasteiger partial charge in [0.2, 0.25) is 5.91 Å². The number of anilines is 1. The van der Waals surface area contributed by atoms with Crippen molar-refractivity contribution in [2.24, 2.45) is 5.92 Å². The Morgan fingerprint density at radius 3 is 2.45 bits per heavy atom. The number of carbonyl (C=O) groups is 1. The molecule has 2 aromatic rings. The van der Waals surface area contributed by atoms with Gasteiger partial charge in [0.1, 0.15) is 0 Å². The van der Waals surface area contributed by atoms with Crippen molar-refractivity contribution in [3.8, 4) is 0 Å². The van der Waals surface area contributed by atoms with E-state index >= 15 is 0 Å². The highest BCUT2D eigenvalue weighted by Gasteiger charge is 2.44. The quantitative estimate of drug-likeness (QED) is 0.559. The van der Waals surface area contributed by atoms with E-state index in [1.807, 2.05) is 32.0 Å². The lowest BCUT2D eigenvalue weighted by molar-refractivity contribution is -0.138. The summed E-state index contributed by atoms with van der Waals surface area (Å²) in [7, 11) is 0. The first-order valence-corrected chi connectivity index (χ1v) is 13.6. The van der Waals surface area contributed by atoms with E-state index in [9.17, 15) is 18.0 Å². The van der Waals surface area contributed by atoms with Crippen molar-refractivity contribution in [3.05, 3.63) is 65.2 Å². The second-order valence-electron chi connectivity index (χ2n) is 11.1. The zero-order chi connectivity index (χ0) is 26.9. The van der Waals surface area contributed by atoms with Gasteiger partial charge >= 0.3 is 6.18 Å². The standard InChI is InChI=1S/C29H37F3N4O2/c1-19(2)33-26(37)18-36-14-12-35(13-15-36)17-22-9-10-23-27(20-6-4-3-5-7-20)34-25-11-8-21(29(30,31)32)16-24(25)28(23)38-22/h3-8,11,16,19,22-23,27-28,34H,9-10,12-15,17-18H2,1-2H3,(H,33,37)/t22-,23+,27+,28+/m1/s1. The lowest BCUT2D eigenvalue weighted by Gasteiger charge is -2.47. The van der Waals surface area contributed by atoms with Crippen molar-refractivity contribution < 1.29 is 22.7 Å². The molecule has 0 spiro atoms. The van der Waals surface area contributed by atoms with Crippen LogP contribution in [0.4, 0.5) is 18.9 Å². The highest BCUT2D eigenvalue weighted by Crippen LogP contribution is 2.51. The van der Waals surface area contributed by atoms with Crippen molar-refractivity contribution in [1.29, 1.82) is 0 Å². The number of carbonyl (C=O) groups excluding carboxylic acids is 1. The van der Waals surface area contributed by atoms with Crippen LogP contribution in [0, 0.1) is 5.92 Å². The summed E-state index contributed by atoms with van der Waals surface area (Å²) < 4.78 is 47.4. The molecule has 0 aliphatic carbocycles. The van der Waals surface area contributed by atoms with Gasteiger partial charge in [0, 0.05) is 55.9 Å². The number of nitrogens with one attached hydrogen (secondary N) is 2. The number of piperazine rings is 1. The van der Waals surface area contributed by atoms with Crippen LogP contribution >= 0.6 is 0 Å². The zero-order valence-corrected chi connectivity index (χ0v) is 22.0. The molecule has 3 aliphatic heterocycles. The van der Waals surface area contributed by atoms with Gasteiger partial charge in [-0.1, -0.05) is 30.3 Å². The van der Waals surface area contributed by atoms with E-state index in [2.05, 4.69) is 32.6 Å². The van der Waals surface area contributed by atoms with E-state index < -0.39 is 17.8 Å². The summed E-state index contributed by atoms with van der Waals surface area (Å²) in [5.74, 6) is 0.0897. The van der Waals surface area contributed by atoms with Crippen LogP contribution in [-0.2, 0) is 15.7 Å². The molecule has 0 aromatic heterocycles. The molecule has 2 N–H and O–H groups in total. The minimum absolute atomic E-state index is 0.0214. The first-order valence-electron chi connectivity index (χ1n) is 13.6. The number of rotatable bonds is 6. The van der Waals surface area contributed by atoms with E-state index in [0.29, 0.717) is 17.8 Å². The molecule has 206 valence electrons. The maximum atomic E-state index is 13.6. The van der Waals surface area contributed by atoms with Crippen molar-refractivity contribution in [2.45, 2.75) is 57.2 Å². The van der Waals surface area contributed by atoms with Crippen LogP contribution in [0.25, 0.3) is 0 Å².